The smallest absolute Gasteiger partial charge is 0.375 e. The summed E-state index contributed by atoms with van der Waals surface area (Å²) in [6.07, 6.45) is -5.45. The first-order chi connectivity index (χ1) is 5.89. The maximum absolute atomic E-state index is 11.6. The minimum Gasteiger partial charge on any atom is -0.375 e. The maximum Gasteiger partial charge on any atom is 0.527 e. The Hall–Kier alpha value is -0.153. The van der Waals surface area contributed by atoms with Gasteiger partial charge in [0.1, 0.15) is 6.23 Å². The van der Waals surface area contributed by atoms with Crippen molar-refractivity contribution in [2.24, 2.45) is 0 Å². The van der Waals surface area contributed by atoms with E-state index in [0.29, 0.717) is 0 Å². The molecule has 0 spiro atoms. The second-order valence-corrected chi connectivity index (χ2v) is 4.91. The molecule has 0 amide bonds. The first-order valence-corrected chi connectivity index (χ1v) is 5.18. The third kappa shape index (κ3) is 4.57. The van der Waals surface area contributed by atoms with Crippen molar-refractivity contribution in [3.63, 3.8) is 0 Å². The molecule has 8 heteroatoms. The highest BCUT2D eigenvalue weighted by molar-refractivity contribution is 6.60. The van der Waals surface area contributed by atoms with Crippen molar-refractivity contribution in [1.82, 2.24) is 0 Å². The van der Waals surface area contributed by atoms with E-state index in [1.165, 1.54) is 21.3 Å². The molecule has 0 aliphatic carbocycles. The average Bonchev–Trinajstić information content (AvgIpc) is 2.06. The van der Waals surface area contributed by atoms with E-state index in [0.717, 1.165) is 0 Å². The van der Waals surface area contributed by atoms with Crippen LogP contribution in [-0.4, -0.2) is 42.7 Å². The summed E-state index contributed by atoms with van der Waals surface area (Å²) in [6.45, 7) is 0. The Morgan fingerprint density at radius 1 is 1.00 bits per heavy atom. The second kappa shape index (κ2) is 4.91. The van der Waals surface area contributed by atoms with Gasteiger partial charge in [0.2, 0.25) is 0 Å². The summed E-state index contributed by atoms with van der Waals surface area (Å²) in [6, 6.07) is 0. The van der Waals surface area contributed by atoms with Crippen LogP contribution >= 0.6 is 0 Å². The van der Waals surface area contributed by atoms with E-state index >= 15 is 0 Å². The van der Waals surface area contributed by atoms with Crippen molar-refractivity contribution in [1.29, 1.82) is 0 Å². The number of rotatable bonds is 5. The van der Waals surface area contributed by atoms with Crippen LogP contribution in [0.3, 0.4) is 0 Å². The molecule has 0 aromatic carbocycles. The van der Waals surface area contributed by atoms with E-state index in [4.69, 9.17) is 13.3 Å². The predicted octanol–water partition coefficient (Wildman–Crippen LogP) is 0.940. The molecule has 0 aromatic heterocycles. The van der Waals surface area contributed by atoms with Gasteiger partial charge in [0.15, 0.2) is 0 Å². The lowest BCUT2D eigenvalue weighted by molar-refractivity contribution is -0.320. The fraction of sp³-hybridized carbons (Fsp3) is 1.00. The Morgan fingerprint density at radius 2 is 1.38 bits per heavy atom. The van der Waals surface area contributed by atoms with Crippen LogP contribution in [0.5, 0.6) is 0 Å². The molecule has 0 N–H and O–H groups in total. The summed E-state index contributed by atoms with van der Waals surface area (Å²) >= 11 is 0. The number of hydrogen-bond acceptors (Lipinski definition) is 4. The fourth-order valence-corrected chi connectivity index (χ4v) is 1.79. The van der Waals surface area contributed by atoms with Crippen LogP contribution in [0.2, 0.25) is 0 Å². The molecule has 0 aromatic rings. The minimum atomic E-state index is -4.70. The number of alkyl halides is 3. The lowest BCUT2D eigenvalue weighted by Gasteiger charge is -2.24. The van der Waals surface area contributed by atoms with Crippen molar-refractivity contribution in [2.75, 3.05) is 27.6 Å². The molecule has 4 nitrogen and oxygen atoms in total. The molecule has 0 heterocycles. The molecule has 0 saturated heterocycles. The molecular weight excluding hydrogens is 209 g/mol. The molecular formula is C5H11F3O4Si. The van der Waals surface area contributed by atoms with Gasteiger partial charge < -0.3 is 13.3 Å². The van der Waals surface area contributed by atoms with E-state index in [9.17, 15) is 13.2 Å². The Labute approximate surface area is 74.9 Å². The zero-order chi connectivity index (χ0) is 10.5. The molecule has 0 fully saturated rings. The van der Waals surface area contributed by atoms with Crippen LogP contribution in [0.1, 0.15) is 0 Å². The van der Waals surface area contributed by atoms with Crippen molar-refractivity contribution in [2.45, 2.75) is 6.36 Å². The van der Waals surface area contributed by atoms with E-state index in [2.05, 4.69) is 4.74 Å². The van der Waals surface area contributed by atoms with Crippen molar-refractivity contribution >= 4 is 8.80 Å². The summed E-state index contributed by atoms with van der Waals surface area (Å²) in [5, 5.41) is 0. The van der Waals surface area contributed by atoms with Gasteiger partial charge in [-0.05, 0) is 0 Å². The summed E-state index contributed by atoms with van der Waals surface area (Å²) in [4.78, 5) is 0. The quantitative estimate of drug-likeness (QED) is 0.646. The molecule has 0 radical (unpaired) electrons. The summed E-state index contributed by atoms with van der Waals surface area (Å²) < 4.78 is 52.5. The summed E-state index contributed by atoms with van der Waals surface area (Å²) in [7, 11) is 0.352. The summed E-state index contributed by atoms with van der Waals surface area (Å²) in [5.74, 6) is 0. The highest BCUT2D eigenvalue weighted by atomic mass is 28.4. The highest BCUT2D eigenvalue weighted by Crippen LogP contribution is 2.19. The average molecular weight is 220 g/mol. The molecule has 0 unspecified atom stereocenters. The molecule has 0 aliphatic rings. The topological polar surface area (TPSA) is 36.9 Å². The Balaban J connectivity index is 4.11. The lowest BCUT2D eigenvalue weighted by atomic mass is 11.3. The standard InChI is InChI=1S/C5H11F3O4Si/c1-9-13(10-2,11-3)4-12-5(6,7)8/h4H2,1-3H3. The molecule has 0 aliphatic heterocycles. The van der Waals surface area contributed by atoms with E-state index in [-0.39, 0.29) is 0 Å². The summed E-state index contributed by atoms with van der Waals surface area (Å²) in [5.41, 5.74) is 0. The Bertz CT molecular complexity index is 139. The van der Waals surface area contributed by atoms with Gasteiger partial charge in [-0.25, -0.2) is 0 Å². The lowest BCUT2D eigenvalue weighted by Crippen LogP contribution is -2.49. The van der Waals surface area contributed by atoms with Gasteiger partial charge in [-0.15, -0.1) is 13.2 Å². The zero-order valence-corrected chi connectivity index (χ0v) is 8.47. The Morgan fingerprint density at radius 3 is 1.62 bits per heavy atom. The molecule has 0 rings (SSSR count). The second-order valence-electron chi connectivity index (χ2n) is 2.03. The first kappa shape index (κ1) is 12.8. The van der Waals surface area contributed by atoms with Gasteiger partial charge in [0.05, 0.1) is 0 Å². The molecule has 0 atom stereocenters. The first-order valence-electron chi connectivity index (χ1n) is 3.25. The van der Waals surface area contributed by atoms with E-state index in [1.807, 2.05) is 0 Å². The maximum atomic E-state index is 11.6. The molecule has 13 heavy (non-hydrogen) atoms. The van der Waals surface area contributed by atoms with Crippen LogP contribution in [0.4, 0.5) is 13.2 Å². The Kier molecular flexibility index (Phi) is 4.85. The van der Waals surface area contributed by atoms with Gasteiger partial charge >= 0.3 is 15.2 Å². The third-order valence-corrected chi connectivity index (χ3v) is 3.71. The van der Waals surface area contributed by atoms with Gasteiger partial charge in [0.25, 0.3) is 0 Å². The predicted molar refractivity (Wildman–Crippen MR) is 38.8 cm³/mol. The number of halogens is 3. The van der Waals surface area contributed by atoms with Crippen LogP contribution in [0.25, 0.3) is 0 Å². The monoisotopic (exact) mass is 220 g/mol. The third-order valence-electron chi connectivity index (χ3n) is 1.35. The molecule has 0 saturated carbocycles. The van der Waals surface area contributed by atoms with Crippen molar-refractivity contribution < 1.29 is 31.2 Å². The minimum absolute atomic E-state index is 0.750. The number of ether oxygens (including phenoxy) is 1. The van der Waals surface area contributed by atoms with Gasteiger partial charge in [-0.2, -0.15) is 0 Å². The SMILES string of the molecule is CO[Si](COC(F)(F)F)(OC)OC. The van der Waals surface area contributed by atoms with Crippen molar-refractivity contribution in [3.05, 3.63) is 0 Å². The number of hydrogen-bond donors (Lipinski definition) is 0. The van der Waals surface area contributed by atoms with Crippen LogP contribution < -0.4 is 0 Å². The van der Waals surface area contributed by atoms with Gasteiger partial charge in [0, 0.05) is 21.3 Å². The molecule has 80 valence electrons. The fourth-order valence-electron chi connectivity index (χ4n) is 0.597. The van der Waals surface area contributed by atoms with Crippen LogP contribution in [-0.2, 0) is 18.0 Å². The molecule has 0 bridgehead atoms. The van der Waals surface area contributed by atoms with E-state index < -0.39 is 21.4 Å². The van der Waals surface area contributed by atoms with Crippen LogP contribution in [0.15, 0.2) is 0 Å². The van der Waals surface area contributed by atoms with Gasteiger partial charge in [-0.1, -0.05) is 0 Å². The van der Waals surface area contributed by atoms with Crippen LogP contribution in [0, 0.1) is 0 Å². The normalized spacial score (nSPS) is 13.4. The largest absolute Gasteiger partial charge is 0.527 e. The highest BCUT2D eigenvalue weighted by Gasteiger charge is 2.43. The zero-order valence-electron chi connectivity index (χ0n) is 7.47. The van der Waals surface area contributed by atoms with Crippen molar-refractivity contribution in [3.8, 4) is 0 Å². The van der Waals surface area contributed by atoms with Gasteiger partial charge in [-0.3, -0.25) is 4.74 Å². The van der Waals surface area contributed by atoms with E-state index in [1.54, 1.807) is 0 Å².